The van der Waals surface area contributed by atoms with Crippen molar-refractivity contribution >= 4 is 11.7 Å². The van der Waals surface area contributed by atoms with Crippen LogP contribution in [0.15, 0.2) is 6.07 Å². The summed E-state index contributed by atoms with van der Waals surface area (Å²) in [5.74, 6) is -0.173. The zero-order chi connectivity index (χ0) is 15.4. The first kappa shape index (κ1) is 15.8. The molecule has 2 N–H and O–H groups in total. The van der Waals surface area contributed by atoms with Crippen LogP contribution in [0.3, 0.4) is 0 Å². The Kier molecular flexibility index (Phi) is 5.17. The summed E-state index contributed by atoms with van der Waals surface area (Å²) in [4.78, 5) is 18.0. The fourth-order valence-corrected chi connectivity index (χ4v) is 3.00. The number of anilines is 1. The second kappa shape index (κ2) is 6.89. The van der Waals surface area contributed by atoms with Crippen molar-refractivity contribution in [3.63, 3.8) is 0 Å². The molecule has 1 saturated heterocycles. The van der Waals surface area contributed by atoms with Gasteiger partial charge in [-0.2, -0.15) is 0 Å². The van der Waals surface area contributed by atoms with Crippen LogP contribution in [0.25, 0.3) is 0 Å². The molecule has 0 aliphatic carbocycles. The summed E-state index contributed by atoms with van der Waals surface area (Å²) in [5.41, 5.74) is 2.41. The predicted molar refractivity (Wildman–Crippen MR) is 84.0 cm³/mol. The Morgan fingerprint density at radius 1 is 1.43 bits per heavy atom. The van der Waals surface area contributed by atoms with Crippen LogP contribution in [-0.4, -0.2) is 47.6 Å². The van der Waals surface area contributed by atoms with Gasteiger partial charge in [-0.1, -0.05) is 0 Å². The van der Waals surface area contributed by atoms with Gasteiger partial charge in [0.2, 0.25) is 0 Å². The first-order valence-electron chi connectivity index (χ1n) is 7.61. The molecule has 1 aliphatic heterocycles. The number of hydrogen-bond donors (Lipinski definition) is 2. The van der Waals surface area contributed by atoms with E-state index in [-0.39, 0.29) is 0 Å². The number of aryl methyl sites for hydroxylation is 2. The monoisotopic (exact) mass is 291 g/mol. The topological polar surface area (TPSA) is 65.5 Å². The average molecular weight is 291 g/mol. The number of pyridine rings is 1. The molecule has 5 heteroatoms. The lowest BCUT2D eigenvalue weighted by molar-refractivity contribution is 0.0696. The lowest BCUT2D eigenvalue weighted by Gasteiger charge is -2.29. The van der Waals surface area contributed by atoms with E-state index in [9.17, 15) is 9.90 Å². The van der Waals surface area contributed by atoms with Crippen molar-refractivity contribution in [3.05, 3.63) is 23.0 Å². The molecule has 2 rings (SSSR count). The number of nitrogens with one attached hydrogen (secondary N) is 1. The summed E-state index contributed by atoms with van der Waals surface area (Å²) >= 11 is 0. The maximum Gasteiger partial charge on any atom is 0.339 e. The van der Waals surface area contributed by atoms with Gasteiger partial charge in [0.15, 0.2) is 0 Å². The second-order valence-corrected chi connectivity index (χ2v) is 6.04. The molecule has 0 unspecified atom stereocenters. The molecule has 1 aromatic rings. The Hall–Kier alpha value is -1.62. The summed E-state index contributed by atoms with van der Waals surface area (Å²) in [7, 11) is 2.16. The van der Waals surface area contributed by atoms with E-state index in [1.807, 2.05) is 13.0 Å². The summed E-state index contributed by atoms with van der Waals surface area (Å²) in [6.45, 7) is 6.79. The van der Waals surface area contributed by atoms with Gasteiger partial charge in [-0.15, -0.1) is 0 Å². The highest BCUT2D eigenvalue weighted by molar-refractivity contribution is 5.95. The van der Waals surface area contributed by atoms with E-state index in [0.29, 0.717) is 16.9 Å². The highest BCUT2D eigenvalue weighted by Crippen LogP contribution is 2.22. The Morgan fingerprint density at radius 3 is 2.71 bits per heavy atom. The van der Waals surface area contributed by atoms with Gasteiger partial charge in [-0.3, -0.25) is 4.98 Å². The average Bonchev–Trinajstić information content (AvgIpc) is 2.39. The largest absolute Gasteiger partial charge is 0.478 e. The summed E-state index contributed by atoms with van der Waals surface area (Å²) < 4.78 is 0. The van der Waals surface area contributed by atoms with Gasteiger partial charge in [0.1, 0.15) is 5.56 Å². The van der Waals surface area contributed by atoms with E-state index in [0.717, 1.165) is 24.6 Å². The van der Waals surface area contributed by atoms with Gasteiger partial charge >= 0.3 is 5.97 Å². The van der Waals surface area contributed by atoms with Crippen LogP contribution >= 0.6 is 0 Å². The van der Waals surface area contributed by atoms with Crippen molar-refractivity contribution in [3.8, 4) is 0 Å². The maximum atomic E-state index is 11.4. The lowest BCUT2D eigenvalue weighted by atomic mass is 9.94. The van der Waals surface area contributed by atoms with Crippen molar-refractivity contribution in [2.75, 3.05) is 32.0 Å². The Labute approximate surface area is 126 Å². The maximum absolute atomic E-state index is 11.4. The standard InChI is InChI=1S/C16H25N3O2/c1-11-10-14(15(16(20)21)12(2)18-11)17-7-4-13-5-8-19(3)9-6-13/h10,13H,4-9H2,1-3H3,(H,17,18)(H,20,21). The predicted octanol–water partition coefficient (Wildman–Crippen LogP) is 2.54. The van der Waals surface area contributed by atoms with Crippen molar-refractivity contribution in [2.24, 2.45) is 5.92 Å². The lowest BCUT2D eigenvalue weighted by Crippen LogP contribution is -2.30. The third-order valence-corrected chi connectivity index (χ3v) is 4.25. The number of piperidine rings is 1. The van der Waals surface area contributed by atoms with Crippen LogP contribution in [0.5, 0.6) is 0 Å². The molecule has 2 heterocycles. The van der Waals surface area contributed by atoms with Gasteiger partial charge in [-0.05, 0) is 65.2 Å². The highest BCUT2D eigenvalue weighted by atomic mass is 16.4. The zero-order valence-corrected chi connectivity index (χ0v) is 13.1. The van der Waals surface area contributed by atoms with Crippen LogP contribution in [0.4, 0.5) is 5.69 Å². The first-order chi connectivity index (χ1) is 9.97. The van der Waals surface area contributed by atoms with Gasteiger partial charge < -0.3 is 15.3 Å². The fourth-order valence-electron chi connectivity index (χ4n) is 3.00. The van der Waals surface area contributed by atoms with Gasteiger partial charge in [0.25, 0.3) is 0 Å². The highest BCUT2D eigenvalue weighted by Gasteiger charge is 2.18. The molecule has 0 aromatic carbocycles. The Morgan fingerprint density at radius 2 is 2.10 bits per heavy atom. The van der Waals surface area contributed by atoms with Gasteiger partial charge in [-0.25, -0.2) is 4.79 Å². The molecule has 0 radical (unpaired) electrons. The van der Waals surface area contributed by atoms with E-state index < -0.39 is 5.97 Å². The number of nitrogens with zero attached hydrogens (tertiary/aromatic N) is 2. The summed E-state index contributed by atoms with van der Waals surface area (Å²) in [5, 5.41) is 12.6. The number of likely N-dealkylation sites (tertiary alicyclic amines) is 1. The van der Waals surface area contributed by atoms with Crippen molar-refractivity contribution in [1.82, 2.24) is 9.88 Å². The third-order valence-electron chi connectivity index (χ3n) is 4.25. The van der Waals surface area contributed by atoms with Crippen molar-refractivity contribution in [1.29, 1.82) is 0 Å². The minimum atomic E-state index is -0.915. The van der Waals surface area contributed by atoms with Crippen LogP contribution in [0.1, 0.15) is 41.0 Å². The second-order valence-electron chi connectivity index (χ2n) is 6.04. The normalized spacial score (nSPS) is 16.9. The van der Waals surface area contributed by atoms with Crippen molar-refractivity contribution in [2.45, 2.75) is 33.1 Å². The first-order valence-corrected chi connectivity index (χ1v) is 7.61. The van der Waals surface area contributed by atoms with E-state index in [1.54, 1.807) is 6.92 Å². The van der Waals surface area contributed by atoms with Crippen LogP contribution in [0, 0.1) is 19.8 Å². The molecule has 0 bridgehead atoms. The van der Waals surface area contributed by atoms with E-state index in [2.05, 4.69) is 22.2 Å². The molecule has 1 aromatic heterocycles. The SMILES string of the molecule is Cc1cc(NCCC2CCN(C)CC2)c(C(=O)O)c(C)n1. The molecule has 5 nitrogen and oxygen atoms in total. The number of rotatable bonds is 5. The third kappa shape index (κ3) is 4.17. The van der Waals surface area contributed by atoms with Crippen molar-refractivity contribution < 1.29 is 9.90 Å². The molecule has 0 atom stereocenters. The number of carboxylic acid groups (broad SMARTS) is 1. The molecule has 0 amide bonds. The van der Waals surface area contributed by atoms with Crippen LogP contribution < -0.4 is 5.32 Å². The molecule has 21 heavy (non-hydrogen) atoms. The minimum absolute atomic E-state index is 0.295. The number of carbonyl (C=O) groups is 1. The zero-order valence-electron chi connectivity index (χ0n) is 13.1. The van der Waals surface area contributed by atoms with Gasteiger partial charge in [0, 0.05) is 12.2 Å². The Bertz CT molecular complexity index is 508. The summed E-state index contributed by atoms with van der Waals surface area (Å²) in [6.07, 6.45) is 3.56. The molecule has 0 spiro atoms. The molecule has 1 aliphatic rings. The number of aromatic carboxylic acids is 1. The van der Waals surface area contributed by atoms with Crippen LogP contribution in [0.2, 0.25) is 0 Å². The van der Waals surface area contributed by atoms with E-state index in [1.165, 1.54) is 25.9 Å². The fraction of sp³-hybridized carbons (Fsp3) is 0.625. The molecular formula is C16H25N3O2. The smallest absolute Gasteiger partial charge is 0.339 e. The van der Waals surface area contributed by atoms with Gasteiger partial charge in [0.05, 0.1) is 11.4 Å². The quantitative estimate of drug-likeness (QED) is 0.872. The van der Waals surface area contributed by atoms with E-state index >= 15 is 0 Å². The molecule has 0 saturated carbocycles. The summed E-state index contributed by atoms with van der Waals surface area (Å²) in [6, 6.07) is 1.82. The van der Waals surface area contributed by atoms with Crippen LogP contribution in [-0.2, 0) is 0 Å². The number of carboxylic acids is 1. The minimum Gasteiger partial charge on any atom is -0.478 e. The molecule has 1 fully saturated rings. The Balaban J connectivity index is 1.95. The molecule has 116 valence electrons. The molecular weight excluding hydrogens is 266 g/mol. The number of hydrogen-bond acceptors (Lipinski definition) is 4. The van der Waals surface area contributed by atoms with E-state index in [4.69, 9.17) is 0 Å². The number of aromatic nitrogens is 1.